The van der Waals surface area contributed by atoms with Gasteiger partial charge in [0, 0.05) is 0 Å². The van der Waals surface area contributed by atoms with Gasteiger partial charge in [-0.3, -0.25) is 0 Å². The minimum atomic E-state index is -0.368. The van der Waals surface area contributed by atoms with Crippen molar-refractivity contribution in [3.05, 3.63) is 57.0 Å². The second kappa shape index (κ2) is 6.32. The Labute approximate surface area is 116 Å². The Morgan fingerprint density at radius 1 is 1.33 bits per heavy atom. The molecular formula is C14H15ClFNS. The van der Waals surface area contributed by atoms with Gasteiger partial charge in [0.2, 0.25) is 0 Å². The van der Waals surface area contributed by atoms with Crippen molar-refractivity contribution in [2.45, 2.75) is 19.4 Å². The molecule has 1 atom stereocenters. The number of benzene rings is 1. The standard InChI is InChI=1S/C14H15ClFNS/c1-2-6-17-14(11-5-7-18-9-11)10-3-4-12(15)13(16)8-10/h3-5,7-9,14,17H,2,6H2,1H3. The van der Waals surface area contributed by atoms with Gasteiger partial charge in [-0.05, 0) is 53.1 Å². The van der Waals surface area contributed by atoms with Crippen LogP contribution in [0.4, 0.5) is 4.39 Å². The van der Waals surface area contributed by atoms with E-state index in [4.69, 9.17) is 11.6 Å². The number of hydrogen-bond donors (Lipinski definition) is 1. The van der Waals surface area contributed by atoms with E-state index >= 15 is 0 Å². The van der Waals surface area contributed by atoms with Gasteiger partial charge in [0.15, 0.2) is 0 Å². The number of halogens is 2. The summed E-state index contributed by atoms with van der Waals surface area (Å²) < 4.78 is 13.5. The molecule has 0 spiro atoms. The van der Waals surface area contributed by atoms with Crippen molar-refractivity contribution < 1.29 is 4.39 Å². The average Bonchev–Trinajstić information content (AvgIpc) is 2.88. The average molecular weight is 284 g/mol. The maximum atomic E-state index is 13.5. The summed E-state index contributed by atoms with van der Waals surface area (Å²) in [4.78, 5) is 0. The molecule has 96 valence electrons. The van der Waals surface area contributed by atoms with Gasteiger partial charge in [0.05, 0.1) is 11.1 Å². The molecule has 0 aliphatic rings. The molecule has 2 aromatic rings. The first kappa shape index (κ1) is 13.5. The number of nitrogens with one attached hydrogen (secondary N) is 1. The van der Waals surface area contributed by atoms with Gasteiger partial charge < -0.3 is 5.32 Å². The fourth-order valence-electron chi connectivity index (χ4n) is 1.85. The Morgan fingerprint density at radius 2 is 2.17 bits per heavy atom. The molecule has 18 heavy (non-hydrogen) atoms. The first-order valence-electron chi connectivity index (χ1n) is 5.92. The van der Waals surface area contributed by atoms with Crippen LogP contribution in [0, 0.1) is 5.82 Å². The summed E-state index contributed by atoms with van der Waals surface area (Å²) in [5.41, 5.74) is 2.07. The van der Waals surface area contributed by atoms with Crippen LogP contribution in [-0.4, -0.2) is 6.54 Å². The summed E-state index contributed by atoms with van der Waals surface area (Å²) in [6.45, 7) is 3.00. The third-order valence-electron chi connectivity index (χ3n) is 2.75. The van der Waals surface area contributed by atoms with Crippen molar-refractivity contribution in [1.82, 2.24) is 5.32 Å². The maximum absolute atomic E-state index is 13.5. The van der Waals surface area contributed by atoms with Crippen molar-refractivity contribution in [2.24, 2.45) is 0 Å². The molecule has 0 saturated carbocycles. The molecule has 0 fully saturated rings. The second-order valence-electron chi connectivity index (χ2n) is 4.12. The van der Waals surface area contributed by atoms with Crippen LogP contribution in [0.1, 0.15) is 30.5 Å². The van der Waals surface area contributed by atoms with Crippen LogP contribution in [0.2, 0.25) is 5.02 Å². The largest absolute Gasteiger partial charge is 0.306 e. The van der Waals surface area contributed by atoms with Crippen molar-refractivity contribution in [2.75, 3.05) is 6.54 Å². The quantitative estimate of drug-likeness (QED) is 0.844. The Morgan fingerprint density at radius 3 is 2.78 bits per heavy atom. The lowest BCUT2D eigenvalue weighted by atomic mass is 10.0. The third kappa shape index (κ3) is 3.10. The van der Waals surface area contributed by atoms with E-state index in [0.717, 1.165) is 24.1 Å². The Bertz CT molecular complexity index is 499. The van der Waals surface area contributed by atoms with E-state index in [-0.39, 0.29) is 16.9 Å². The van der Waals surface area contributed by atoms with E-state index < -0.39 is 0 Å². The molecule has 0 amide bonds. The first-order valence-corrected chi connectivity index (χ1v) is 7.25. The van der Waals surface area contributed by atoms with E-state index in [2.05, 4.69) is 23.7 Å². The fraction of sp³-hybridized carbons (Fsp3) is 0.286. The number of hydrogen-bond acceptors (Lipinski definition) is 2. The molecule has 2 rings (SSSR count). The predicted octanol–water partition coefficient (Wildman–Crippen LogP) is 4.63. The Kier molecular flexibility index (Phi) is 4.75. The molecule has 1 aromatic carbocycles. The zero-order valence-corrected chi connectivity index (χ0v) is 11.7. The summed E-state index contributed by atoms with van der Waals surface area (Å²) in [6.07, 6.45) is 1.04. The Hall–Kier alpha value is -0.900. The number of thiophene rings is 1. The van der Waals surface area contributed by atoms with Gasteiger partial charge in [-0.1, -0.05) is 24.6 Å². The van der Waals surface area contributed by atoms with E-state index in [1.807, 2.05) is 11.4 Å². The molecule has 0 radical (unpaired) electrons. The Balaban J connectivity index is 2.30. The smallest absolute Gasteiger partial charge is 0.142 e. The third-order valence-corrected chi connectivity index (χ3v) is 3.76. The molecule has 0 saturated heterocycles. The molecule has 1 N–H and O–H groups in total. The molecule has 4 heteroatoms. The monoisotopic (exact) mass is 283 g/mol. The summed E-state index contributed by atoms with van der Waals surface area (Å²) in [5.74, 6) is -0.368. The molecule has 1 aromatic heterocycles. The van der Waals surface area contributed by atoms with Gasteiger partial charge in [-0.15, -0.1) is 0 Å². The van der Waals surface area contributed by atoms with Crippen LogP contribution in [-0.2, 0) is 0 Å². The fourth-order valence-corrected chi connectivity index (χ4v) is 2.65. The highest BCUT2D eigenvalue weighted by atomic mass is 35.5. The molecule has 0 bridgehead atoms. The van der Waals surface area contributed by atoms with Crippen molar-refractivity contribution in [3.8, 4) is 0 Å². The van der Waals surface area contributed by atoms with Crippen molar-refractivity contribution in [1.29, 1.82) is 0 Å². The van der Waals surface area contributed by atoms with Gasteiger partial charge in [-0.25, -0.2) is 4.39 Å². The highest BCUT2D eigenvalue weighted by Crippen LogP contribution is 2.26. The lowest BCUT2D eigenvalue weighted by molar-refractivity contribution is 0.587. The van der Waals surface area contributed by atoms with E-state index in [9.17, 15) is 4.39 Å². The van der Waals surface area contributed by atoms with E-state index in [0.29, 0.717) is 0 Å². The lowest BCUT2D eigenvalue weighted by Crippen LogP contribution is -2.22. The highest BCUT2D eigenvalue weighted by molar-refractivity contribution is 7.08. The summed E-state index contributed by atoms with van der Waals surface area (Å²) in [7, 11) is 0. The van der Waals surface area contributed by atoms with Crippen LogP contribution >= 0.6 is 22.9 Å². The molecule has 0 aliphatic heterocycles. The minimum absolute atomic E-state index is 0.0305. The van der Waals surface area contributed by atoms with Gasteiger partial charge in [-0.2, -0.15) is 11.3 Å². The number of rotatable bonds is 5. The molecular weight excluding hydrogens is 269 g/mol. The first-order chi connectivity index (χ1) is 8.72. The van der Waals surface area contributed by atoms with Crippen LogP contribution in [0.15, 0.2) is 35.0 Å². The molecule has 1 heterocycles. The lowest BCUT2D eigenvalue weighted by Gasteiger charge is -2.18. The van der Waals surface area contributed by atoms with Crippen molar-refractivity contribution in [3.63, 3.8) is 0 Å². The van der Waals surface area contributed by atoms with Gasteiger partial charge in [0.25, 0.3) is 0 Å². The van der Waals surface area contributed by atoms with Gasteiger partial charge >= 0.3 is 0 Å². The second-order valence-corrected chi connectivity index (χ2v) is 5.30. The maximum Gasteiger partial charge on any atom is 0.142 e. The zero-order valence-electron chi connectivity index (χ0n) is 10.1. The summed E-state index contributed by atoms with van der Waals surface area (Å²) >= 11 is 7.36. The van der Waals surface area contributed by atoms with Crippen LogP contribution in [0.5, 0.6) is 0 Å². The summed E-state index contributed by atoms with van der Waals surface area (Å²) in [5, 5.41) is 7.71. The van der Waals surface area contributed by atoms with Crippen LogP contribution in [0.25, 0.3) is 0 Å². The SMILES string of the molecule is CCCNC(c1ccsc1)c1ccc(Cl)c(F)c1. The molecule has 1 nitrogen and oxygen atoms in total. The summed E-state index contributed by atoms with van der Waals surface area (Å²) in [6, 6.07) is 7.08. The van der Waals surface area contributed by atoms with Crippen molar-refractivity contribution >= 4 is 22.9 Å². The van der Waals surface area contributed by atoms with E-state index in [1.54, 1.807) is 17.4 Å². The minimum Gasteiger partial charge on any atom is -0.306 e. The molecule has 0 aliphatic carbocycles. The highest BCUT2D eigenvalue weighted by Gasteiger charge is 2.15. The van der Waals surface area contributed by atoms with E-state index in [1.165, 1.54) is 6.07 Å². The normalized spacial score (nSPS) is 12.6. The predicted molar refractivity (Wildman–Crippen MR) is 75.9 cm³/mol. The zero-order chi connectivity index (χ0) is 13.0. The molecule has 1 unspecified atom stereocenters. The van der Waals surface area contributed by atoms with Gasteiger partial charge in [0.1, 0.15) is 5.82 Å². The topological polar surface area (TPSA) is 12.0 Å². The van der Waals surface area contributed by atoms with Crippen LogP contribution < -0.4 is 5.32 Å². The van der Waals surface area contributed by atoms with Crippen LogP contribution in [0.3, 0.4) is 0 Å².